The SMILES string of the molecule is COc1ccc(Br)cc1C(C)(C)CNCCCC#N. The van der Waals surface area contributed by atoms with E-state index >= 15 is 0 Å². The monoisotopic (exact) mass is 324 g/mol. The van der Waals surface area contributed by atoms with Crippen LogP contribution < -0.4 is 10.1 Å². The van der Waals surface area contributed by atoms with Crippen molar-refractivity contribution < 1.29 is 4.74 Å². The summed E-state index contributed by atoms with van der Waals surface area (Å²) in [7, 11) is 1.70. The largest absolute Gasteiger partial charge is 0.496 e. The van der Waals surface area contributed by atoms with Gasteiger partial charge in [-0.25, -0.2) is 0 Å². The first kappa shape index (κ1) is 16.0. The first-order valence-electron chi connectivity index (χ1n) is 6.43. The molecule has 0 aliphatic carbocycles. The van der Waals surface area contributed by atoms with Gasteiger partial charge in [-0.3, -0.25) is 0 Å². The first-order valence-corrected chi connectivity index (χ1v) is 7.22. The molecule has 0 aliphatic heterocycles. The first-order chi connectivity index (χ1) is 9.01. The van der Waals surface area contributed by atoms with Gasteiger partial charge in [-0.2, -0.15) is 5.26 Å². The fourth-order valence-electron chi connectivity index (χ4n) is 2.00. The quantitative estimate of drug-likeness (QED) is 0.779. The number of rotatable bonds is 7. The molecule has 0 amide bonds. The molecule has 104 valence electrons. The Hall–Kier alpha value is -1.05. The molecule has 0 aliphatic rings. The third-order valence-corrected chi connectivity index (χ3v) is 3.59. The molecule has 3 nitrogen and oxygen atoms in total. The summed E-state index contributed by atoms with van der Waals surface area (Å²) in [5.41, 5.74) is 1.15. The third kappa shape index (κ3) is 4.85. The number of benzene rings is 1. The van der Waals surface area contributed by atoms with Crippen molar-refractivity contribution >= 4 is 15.9 Å². The van der Waals surface area contributed by atoms with E-state index in [1.54, 1.807) is 7.11 Å². The zero-order valence-corrected chi connectivity index (χ0v) is 13.4. The van der Waals surface area contributed by atoms with Crippen molar-refractivity contribution in [2.24, 2.45) is 0 Å². The van der Waals surface area contributed by atoms with Gasteiger partial charge in [-0.15, -0.1) is 0 Å². The number of nitrogens with zero attached hydrogens (tertiary/aromatic N) is 1. The molecule has 0 unspecified atom stereocenters. The average molecular weight is 325 g/mol. The second kappa shape index (κ2) is 7.52. The molecule has 0 bridgehead atoms. The minimum Gasteiger partial charge on any atom is -0.496 e. The van der Waals surface area contributed by atoms with Crippen LogP contribution >= 0.6 is 15.9 Å². The van der Waals surface area contributed by atoms with Crippen LogP contribution in [0.3, 0.4) is 0 Å². The molecule has 1 aromatic rings. The van der Waals surface area contributed by atoms with E-state index < -0.39 is 0 Å². The smallest absolute Gasteiger partial charge is 0.122 e. The van der Waals surface area contributed by atoms with E-state index in [1.165, 1.54) is 5.56 Å². The Balaban J connectivity index is 2.70. The molecular formula is C15H21BrN2O. The van der Waals surface area contributed by atoms with Crippen molar-refractivity contribution in [3.05, 3.63) is 28.2 Å². The number of ether oxygens (including phenoxy) is 1. The summed E-state index contributed by atoms with van der Waals surface area (Å²) < 4.78 is 6.50. The van der Waals surface area contributed by atoms with Crippen LogP contribution in [0.4, 0.5) is 0 Å². The lowest BCUT2D eigenvalue weighted by Crippen LogP contribution is -2.33. The van der Waals surface area contributed by atoms with Crippen molar-refractivity contribution in [2.75, 3.05) is 20.2 Å². The maximum Gasteiger partial charge on any atom is 0.122 e. The van der Waals surface area contributed by atoms with Crippen molar-refractivity contribution in [1.29, 1.82) is 5.26 Å². The summed E-state index contributed by atoms with van der Waals surface area (Å²) in [6.45, 7) is 6.10. The Kier molecular flexibility index (Phi) is 6.33. The number of nitrogens with one attached hydrogen (secondary N) is 1. The van der Waals surface area contributed by atoms with Crippen molar-refractivity contribution in [1.82, 2.24) is 5.32 Å². The standard InChI is InChI=1S/C15H21BrN2O/c1-15(2,11-18-9-5-4-8-17)13-10-12(16)6-7-14(13)19-3/h6-7,10,18H,4-5,9,11H2,1-3H3. The number of halogens is 1. The topological polar surface area (TPSA) is 45.0 Å². The minimum absolute atomic E-state index is 0.0260. The van der Waals surface area contributed by atoms with Crippen LogP contribution in [0.2, 0.25) is 0 Å². The fourth-order valence-corrected chi connectivity index (χ4v) is 2.36. The Bertz CT molecular complexity index is 452. The number of unbranched alkanes of at least 4 members (excludes halogenated alkanes) is 1. The molecule has 1 N–H and O–H groups in total. The maximum atomic E-state index is 8.50. The molecule has 0 heterocycles. The van der Waals surface area contributed by atoms with Crippen LogP contribution in [0.15, 0.2) is 22.7 Å². The fraction of sp³-hybridized carbons (Fsp3) is 0.533. The molecule has 1 aromatic carbocycles. The van der Waals surface area contributed by atoms with E-state index in [0.29, 0.717) is 6.42 Å². The average Bonchev–Trinajstić information content (AvgIpc) is 2.38. The zero-order chi connectivity index (χ0) is 14.3. The Morgan fingerprint density at radius 3 is 2.79 bits per heavy atom. The molecule has 0 radical (unpaired) electrons. The number of hydrogen-bond acceptors (Lipinski definition) is 3. The van der Waals surface area contributed by atoms with Crippen LogP contribution in [-0.4, -0.2) is 20.2 Å². The molecule has 0 saturated carbocycles. The number of methoxy groups -OCH3 is 1. The summed E-state index contributed by atoms with van der Waals surface area (Å²) >= 11 is 3.51. The molecule has 0 saturated heterocycles. The predicted octanol–water partition coefficient (Wildman–Crippen LogP) is 3.63. The highest BCUT2D eigenvalue weighted by atomic mass is 79.9. The van der Waals surface area contributed by atoms with E-state index in [1.807, 2.05) is 12.1 Å². The lowest BCUT2D eigenvalue weighted by atomic mass is 9.84. The molecule has 0 spiro atoms. The van der Waals surface area contributed by atoms with Gasteiger partial charge in [0.2, 0.25) is 0 Å². The Morgan fingerprint density at radius 2 is 2.16 bits per heavy atom. The summed E-state index contributed by atoms with van der Waals surface area (Å²) in [6.07, 6.45) is 1.50. The van der Waals surface area contributed by atoms with Crippen LogP contribution in [0.5, 0.6) is 5.75 Å². The summed E-state index contributed by atoms with van der Waals surface area (Å²) in [6, 6.07) is 8.23. The molecule has 4 heteroatoms. The summed E-state index contributed by atoms with van der Waals surface area (Å²) in [5.74, 6) is 0.909. The lowest BCUT2D eigenvalue weighted by molar-refractivity contribution is 0.385. The van der Waals surface area contributed by atoms with Gasteiger partial charge in [0.15, 0.2) is 0 Å². The normalized spacial score (nSPS) is 11.1. The maximum absolute atomic E-state index is 8.50. The highest BCUT2D eigenvalue weighted by Crippen LogP contribution is 2.33. The minimum atomic E-state index is -0.0260. The van der Waals surface area contributed by atoms with Crippen LogP contribution in [-0.2, 0) is 5.41 Å². The van der Waals surface area contributed by atoms with Crippen LogP contribution in [0.1, 0.15) is 32.3 Å². The van der Waals surface area contributed by atoms with Crippen molar-refractivity contribution in [3.8, 4) is 11.8 Å². The summed E-state index contributed by atoms with van der Waals surface area (Å²) in [4.78, 5) is 0. The second-order valence-electron chi connectivity index (χ2n) is 5.17. The van der Waals surface area contributed by atoms with Gasteiger partial charge in [-0.05, 0) is 31.2 Å². The van der Waals surface area contributed by atoms with Gasteiger partial charge in [0.05, 0.1) is 13.2 Å². The molecule has 0 fully saturated rings. The van der Waals surface area contributed by atoms with Crippen molar-refractivity contribution in [3.63, 3.8) is 0 Å². The van der Waals surface area contributed by atoms with Gasteiger partial charge < -0.3 is 10.1 Å². The third-order valence-electron chi connectivity index (χ3n) is 3.10. The summed E-state index contributed by atoms with van der Waals surface area (Å²) in [5, 5.41) is 11.9. The number of hydrogen-bond donors (Lipinski definition) is 1. The van der Waals surface area contributed by atoms with Crippen LogP contribution in [0, 0.1) is 11.3 Å². The Morgan fingerprint density at radius 1 is 1.42 bits per heavy atom. The highest BCUT2D eigenvalue weighted by molar-refractivity contribution is 9.10. The zero-order valence-electron chi connectivity index (χ0n) is 11.8. The lowest BCUT2D eigenvalue weighted by Gasteiger charge is -2.27. The van der Waals surface area contributed by atoms with E-state index in [9.17, 15) is 0 Å². The van der Waals surface area contributed by atoms with Gasteiger partial charge >= 0.3 is 0 Å². The number of nitriles is 1. The van der Waals surface area contributed by atoms with Gasteiger partial charge in [0.25, 0.3) is 0 Å². The predicted molar refractivity (Wildman–Crippen MR) is 81.4 cm³/mol. The van der Waals surface area contributed by atoms with Gasteiger partial charge in [0.1, 0.15) is 5.75 Å². The highest BCUT2D eigenvalue weighted by Gasteiger charge is 2.24. The van der Waals surface area contributed by atoms with Gasteiger partial charge in [-0.1, -0.05) is 29.8 Å². The van der Waals surface area contributed by atoms with E-state index in [0.717, 1.165) is 29.7 Å². The van der Waals surface area contributed by atoms with Gasteiger partial charge in [0, 0.05) is 28.4 Å². The van der Waals surface area contributed by atoms with E-state index in [4.69, 9.17) is 10.00 Å². The Labute approximate surface area is 124 Å². The van der Waals surface area contributed by atoms with Crippen LogP contribution in [0.25, 0.3) is 0 Å². The van der Waals surface area contributed by atoms with Crippen molar-refractivity contribution in [2.45, 2.75) is 32.1 Å². The molecule has 0 aromatic heterocycles. The molecule has 19 heavy (non-hydrogen) atoms. The second-order valence-corrected chi connectivity index (χ2v) is 6.08. The van der Waals surface area contributed by atoms with E-state index in [-0.39, 0.29) is 5.41 Å². The molecular weight excluding hydrogens is 304 g/mol. The van der Waals surface area contributed by atoms with E-state index in [2.05, 4.69) is 47.2 Å². The molecule has 1 rings (SSSR count). The molecule has 0 atom stereocenters.